The maximum absolute atomic E-state index is 9.91. The van der Waals surface area contributed by atoms with E-state index in [2.05, 4.69) is 6.92 Å². The summed E-state index contributed by atoms with van der Waals surface area (Å²) in [6, 6.07) is 0. The molecule has 0 spiro atoms. The largest absolute Gasteiger partial charge is 0.385 e. The fraction of sp³-hybridized carbons (Fsp3) is 0.818. The van der Waals surface area contributed by atoms with Gasteiger partial charge in [-0.05, 0) is 32.6 Å². The van der Waals surface area contributed by atoms with Crippen LogP contribution in [-0.4, -0.2) is 10.7 Å². The predicted molar refractivity (Wildman–Crippen MR) is 52.0 cm³/mol. The van der Waals surface area contributed by atoms with Crippen LogP contribution in [0.15, 0.2) is 11.6 Å². The van der Waals surface area contributed by atoms with Crippen LogP contribution in [0.5, 0.6) is 0 Å². The van der Waals surface area contributed by atoms with Crippen LogP contribution >= 0.6 is 0 Å². The molecule has 1 aliphatic rings. The van der Waals surface area contributed by atoms with Crippen LogP contribution in [0.3, 0.4) is 0 Å². The second-order valence-electron chi connectivity index (χ2n) is 4.26. The van der Waals surface area contributed by atoms with Crippen molar-refractivity contribution in [3.05, 3.63) is 11.6 Å². The van der Waals surface area contributed by atoms with Crippen LogP contribution in [0.4, 0.5) is 0 Å². The van der Waals surface area contributed by atoms with Gasteiger partial charge in [0.05, 0.1) is 5.60 Å². The van der Waals surface area contributed by atoms with Crippen LogP contribution in [-0.2, 0) is 0 Å². The monoisotopic (exact) mass is 168 g/mol. The zero-order chi connectivity index (χ0) is 9.19. The maximum Gasteiger partial charge on any atom is 0.0863 e. The van der Waals surface area contributed by atoms with E-state index < -0.39 is 5.60 Å². The zero-order valence-corrected chi connectivity index (χ0v) is 8.43. The first kappa shape index (κ1) is 9.79. The molecule has 1 nitrogen and oxygen atoms in total. The number of rotatable bonds is 4. The van der Waals surface area contributed by atoms with Crippen molar-refractivity contribution < 1.29 is 5.11 Å². The van der Waals surface area contributed by atoms with E-state index >= 15 is 0 Å². The zero-order valence-electron chi connectivity index (χ0n) is 8.43. The van der Waals surface area contributed by atoms with Crippen molar-refractivity contribution >= 4 is 0 Å². The molecule has 0 aliphatic heterocycles. The SMILES string of the molecule is CCCC[C@@H]1C[C@]1(O)C=C(C)C. The summed E-state index contributed by atoms with van der Waals surface area (Å²) in [6.45, 7) is 6.29. The van der Waals surface area contributed by atoms with Crippen molar-refractivity contribution in [2.75, 3.05) is 0 Å². The molecule has 70 valence electrons. The van der Waals surface area contributed by atoms with Gasteiger partial charge in [0, 0.05) is 0 Å². The van der Waals surface area contributed by atoms with E-state index in [9.17, 15) is 5.11 Å². The Hall–Kier alpha value is -0.300. The summed E-state index contributed by atoms with van der Waals surface area (Å²) in [5.74, 6) is 0.548. The van der Waals surface area contributed by atoms with Gasteiger partial charge >= 0.3 is 0 Å². The lowest BCUT2D eigenvalue weighted by Crippen LogP contribution is -2.07. The Morgan fingerprint density at radius 2 is 2.25 bits per heavy atom. The number of hydrogen-bond acceptors (Lipinski definition) is 1. The van der Waals surface area contributed by atoms with Gasteiger partial charge in [0.25, 0.3) is 0 Å². The molecule has 1 heteroatoms. The van der Waals surface area contributed by atoms with Crippen LogP contribution in [0, 0.1) is 5.92 Å². The Balaban J connectivity index is 2.33. The molecule has 0 heterocycles. The first-order chi connectivity index (χ1) is 5.58. The highest BCUT2D eigenvalue weighted by atomic mass is 16.3. The van der Waals surface area contributed by atoms with Crippen molar-refractivity contribution in [2.24, 2.45) is 5.92 Å². The van der Waals surface area contributed by atoms with Gasteiger partial charge in [0.2, 0.25) is 0 Å². The van der Waals surface area contributed by atoms with E-state index in [1.807, 2.05) is 19.9 Å². The molecule has 0 aromatic heterocycles. The molecular weight excluding hydrogens is 148 g/mol. The molecule has 0 bridgehead atoms. The Morgan fingerprint density at radius 3 is 2.75 bits per heavy atom. The Kier molecular flexibility index (Phi) is 2.94. The highest BCUT2D eigenvalue weighted by Gasteiger charge is 2.49. The molecule has 12 heavy (non-hydrogen) atoms. The fourth-order valence-corrected chi connectivity index (χ4v) is 1.81. The molecule has 0 unspecified atom stereocenters. The third-order valence-electron chi connectivity index (χ3n) is 2.56. The van der Waals surface area contributed by atoms with E-state index in [1.54, 1.807) is 0 Å². The molecule has 1 rings (SSSR count). The normalized spacial score (nSPS) is 33.2. The molecule has 1 saturated carbocycles. The summed E-state index contributed by atoms with van der Waals surface area (Å²) in [7, 11) is 0. The summed E-state index contributed by atoms with van der Waals surface area (Å²) in [4.78, 5) is 0. The smallest absolute Gasteiger partial charge is 0.0863 e. The van der Waals surface area contributed by atoms with Gasteiger partial charge in [-0.15, -0.1) is 0 Å². The quantitative estimate of drug-likeness (QED) is 0.640. The second-order valence-corrected chi connectivity index (χ2v) is 4.26. The average molecular weight is 168 g/mol. The van der Waals surface area contributed by atoms with Crippen LogP contribution in [0.25, 0.3) is 0 Å². The predicted octanol–water partition coefficient (Wildman–Crippen LogP) is 2.89. The van der Waals surface area contributed by atoms with E-state index in [-0.39, 0.29) is 0 Å². The molecule has 1 fully saturated rings. The molecule has 1 aliphatic carbocycles. The van der Waals surface area contributed by atoms with Crippen molar-refractivity contribution in [1.29, 1.82) is 0 Å². The molecule has 1 N–H and O–H groups in total. The lowest BCUT2D eigenvalue weighted by molar-refractivity contribution is 0.178. The van der Waals surface area contributed by atoms with Crippen LogP contribution < -0.4 is 0 Å². The van der Waals surface area contributed by atoms with Gasteiger partial charge in [0.15, 0.2) is 0 Å². The van der Waals surface area contributed by atoms with Gasteiger partial charge in [-0.25, -0.2) is 0 Å². The topological polar surface area (TPSA) is 20.2 Å². The lowest BCUT2D eigenvalue weighted by atomic mass is 10.1. The third kappa shape index (κ3) is 2.34. The first-order valence-electron chi connectivity index (χ1n) is 4.97. The highest BCUT2D eigenvalue weighted by molar-refractivity contribution is 5.19. The van der Waals surface area contributed by atoms with Gasteiger partial charge < -0.3 is 5.11 Å². The van der Waals surface area contributed by atoms with Crippen molar-refractivity contribution in [3.63, 3.8) is 0 Å². The standard InChI is InChI=1S/C11H20O/c1-4-5-6-10-8-11(10,12)7-9(2)3/h7,10,12H,4-6,8H2,1-3H3/t10-,11-/m1/s1. The summed E-state index contributed by atoms with van der Waals surface area (Å²) < 4.78 is 0. The molecule has 2 atom stereocenters. The molecule has 0 amide bonds. The number of unbranched alkanes of at least 4 members (excludes halogenated alkanes) is 1. The average Bonchev–Trinajstić information content (AvgIpc) is 2.55. The Bertz CT molecular complexity index is 179. The van der Waals surface area contributed by atoms with Crippen LogP contribution in [0.1, 0.15) is 46.5 Å². The first-order valence-corrected chi connectivity index (χ1v) is 4.97. The Morgan fingerprint density at radius 1 is 1.58 bits per heavy atom. The Labute approximate surface area is 75.5 Å². The van der Waals surface area contributed by atoms with Crippen molar-refractivity contribution in [1.82, 2.24) is 0 Å². The maximum atomic E-state index is 9.91. The highest BCUT2D eigenvalue weighted by Crippen LogP contribution is 2.48. The molecular formula is C11H20O. The van der Waals surface area contributed by atoms with Gasteiger partial charge in [-0.3, -0.25) is 0 Å². The minimum atomic E-state index is -0.423. The third-order valence-corrected chi connectivity index (χ3v) is 2.56. The number of allylic oxidation sites excluding steroid dienone is 1. The lowest BCUT2D eigenvalue weighted by Gasteiger charge is -2.04. The van der Waals surface area contributed by atoms with Gasteiger partial charge in [-0.1, -0.05) is 31.4 Å². The van der Waals surface area contributed by atoms with Crippen LogP contribution in [0.2, 0.25) is 0 Å². The molecule has 0 saturated heterocycles. The van der Waals surface area contributed by atoms with Gasteiger partial charge in [0.1, 0.15) is 0 Å². The van der Waals surface area contributed by atoms with E-state index in [4.69, 9.17) is 0 Å². The summed E-state index contributed by atoms with van der Waals surface area (Å²) >= 11 is 0. The minimum Gasteiger partial charge on any atom is -0.385 e. The summed E-state index contributed by atoms with van der Waals surface area (Å²) in [5.41, 5.74) is 0.810. The second kappa shape index (κ2) is 3.61. The molecule has 0 aromatic carbocycles. The minimum absolute atomic E-state index is 0.423. The fourth-order valence-electron chi connectivity index (χ4n) is 1.81. The van der Waals surface area contributed by atoms with Crippen molar-refractivity contribution in [2.45, 2.75) is 52.1 Å². The molecule has 0 aromatic rings. The molecule has 0 radical (unpaired) electrons. The summed E-state index contributed by atoms with van der Waals surface area (Å²) in [6.07, 6.45) is 6.69. The van der Waals surface area contributed by atoms with E-state index in [0.717, 1.165) is 6.42 Å². The van der Waals surface area contributed by atoms with E-state index in [0.29, 0.717) is 5.92 Å². The number of aliphatic hydroxyl groups is 1. The van der Waals surface area contributed by atoms with E-state index in [1.165, 1.54) is 24.8 Å². The number of hydrogen-bond donors (Lipinski definition) is 1. The van der Waals surface area contributed by atoms with Gasteiger partial charge in [-0.2, -0.15) is 0 Å². The van der Waals surface area contributed by atoms with Crippen molar-refractivity contribution in [3.8, 4) is 0 Å². The summed E-state index contributed by atoms with van der Waals surface area (Å²) in [5, 5.41) is 9.91.